The molecular formula is C19H13BrClN3O3. The highest BCUT2D eigenvalue weighted by atomic mass is 79.9. The monoisotopic (exact) mass is 445 g/mol. The zero-order valence-corrected chi connectivity index (χ0v) is 16.4. The second-order valence-electron chi connectivity index (χ2n) is 6.28. The molecule has 2 atom stereocenters. The molecule has 8 heteroatoms. The molecule has 1 fully saturated rings. The summed E-state index contributed by atoms with van der Waals surface area (Å²) in [6.07, 6.45) is 0. The third kappa shape index (κ3) is 2.87. The van der Waals surface area contributed by atoms with Crippen LogP contribution in [0.4, 0.5) is 11.4 Å². The van der Waals surface area contributed by atoms with E-state index < -0.39 is 23.8 Å². The number of imide groups is 1. The molecule has 0 N–H and O–H groups in total. The van der Waals surface area contributed by atoms with E-state index in [1.54, 1.807) is 36.4 Å². The lowest BCUT2D eigenvalue weighted by molar-refractivity contribution is -0.122. The molecule has 2 amide bonds. The Morgan fingerprint density at radius 2 is 1.78 bits per heavy atom. The fourth-order valence-corrected chi connectivity index (χ4v) is 3.83. The average Bonchev–Trinajstić information content (AvgIpc) is 3.13. The van der Waals surface area contributed by atoms with Crippen molar-refractivity contribution in [2.24, 2.45) is 11.0 Å². The van der Waals surface area contributed by atoms with Gasteiger partial charge in [-0.05, 0) is 42.5 Å². The highest BCUT2D eigenvalue weighted by Crippen LogP contribution is 2.38. The Morgan fingerprint density at radius 1 is 1.07 bits per heavy atom. The molecule has 0 radical (unpaired) electrons. The number of nitrogens with zero attached hydrogens (tertiary/aromatic N) is 3. The second-order valence-corrected chi connectivity index (χ2v) is 7.63. The lowest BCUT2D eigenvalue weighted by Crippen LogP contribution is -2.39. The maximum absolute atomic E-state index is 13.2. The van der Waals surface area contributed by atoms with E-state index in [0.29, 0.717) is 16.4 Å². The largest absolute Gasteiger partial charge is 0.293 e. The number of anilines is 2. The van der Waals surface area contributed by atoms with Gasteiger partial charge in [-0.15, -0.1) is 0 Å². The number of rotatable bonds is 3. The van der Waals surface area contributed by atoms with Crippen molar-refractivity contribution in [2.45, 2.75) is 13.0 Å². The molecule has 2 unspecified atom stereocenters. The molecule has 0 aliphatic carbocycles. The van der Waals surface area contributed by atoms with Crippen LogP contribution in [-0.4, -0.2) is 29.4 Å². The molecule has 27 heavy (non-hydrogen) atoms. The molecule has 1 saturated heterocycles. The number of benzene rings is 2. The Bertz CT molecular complexity index is 1010. The summed E-state index contributed by atoms with van der Waals surface area (Å²) in [7, 11) is 0. The molecule has 2 heterocycles. The highest BCUT2D eigenvalue weighted by Gasteiger charge is 2.58. The first-order valence-corrected chi connectivity index (χ1v) is 9.33. The Labute approximate surface area is 168 Å². The Balaban J connectivity index is 1.80. The van der Waals surface area contributed by atoms with Gasteiger partial charge in [0.2, 0.25) is 5.91 Å². The minimum absolute atomic E-state index is 0.0887. The number of carbonyl (C=O) groups is 3. The number of ketones is 1. The van der Waals surface area contributed by atoms with Crippen molar-refractivity contribution in [3.8, 4) is 0 Å². The first-order valence-electron chi connectivity index (χ1n) is 8.16. The predicted molar refractivity (Wildman–Crippen MR) is 106 cm³/mol. The summed E-state index contributed by atoms with van der Waals surface area (Å²) in [5.41, 5.74) is 1.09. The van der Waals surface area contributed by atoms with E-state index in [2.05, 4.69) is 21.0 Å². The fourth-order valence-electron chi connectivity index (χ4n) is 3.38. The zero-order valence-electron chi connectivity index (χ0n) is 14.1. The van der Waals surface area contributed by atoms with E-state index in [-0.39, 0.29) is 11.5 Å². The summed E-state index contributed by atoms with van der Waals surface area (Å²) in [6.45, 7) is 1.35. The third-order valence-electron chi connectivity index (χ3n) is 4.57. The van der Waals surface area contributed by atoms with Gasteiger partial charge in [0.1, 0.15) is 17.7 Å². The van der Waals surface area contributed by atoms with Gasteiger partial charge in [0.15, 0.2) is 5.78 Å². The van der Waals surface area contributed by atoms with Gasteiger partial charge in [0.05, 0.1) is 11.4 Å². The van der Waals surface area contributed by atoms with Gasteiger partial charge in [-0.2, -0.15) is 5.10 Å². The van der Waals surface area contributed by atoms with Crippen LogP contribution < -0.4 is 9.91 Å². The Morgan fingerprint density at radius 3 is 2.41 bits per heavy atom. The molecule has 2 aromatic carbocycles. The molecule has 0 spiro atoms. The van der Waals surface area contributed by atoms with Crippen LogP contribution in [0, 0.1) is 5.92 Å². The summed E-state index contributed by atoms with van der Waals surface area (Å²) in [4.78, 5) is 39.4. The van der Waals surface area contributed by atoms with Crippen LogP contribution in [0.15, 0.2) is 58.1 Å². The summed E-state index contributed by atoms with van der Waals surface area (Å²) in [5, 5.41) is 6.18. The predicted octanol–water partition coefficient (Wildman–Crippen LogP) is 3.43. The van der Waals surface area contributed by atoms with E-state index in [0.717, 1.165) is 9.37 Å². The zero-order chi connectivity index (χ0) is 19.3. The van der Waals surface area contributed by atoms with Crippen LogP contribution in [0.25, 0.3) is 0 Å². The average molecular weight is 447 g/mol. The van der Waals surface area contributed by atoms with E-state index >= 15 is 0 Å². The van der Waals surface area contributed by atoms with Crippen LogP contribution >= 0.6 is 27.5 Å². The van der Waals surface area contributed by atoms with E-state index in [4.69, 9.17) is 11.6 Å². The summed E-state index contributed by atoms with van der Waals surface area (Å²) < 4.78 is 0.868. The van der Waals surface area contributed by atoms with Crippen LogP contribution in [0.2, 0.25) is 5.02 Å². The normalized spacial score (nSPS) is 21.5. The van der Waals surface area contributed by atoms with Gasteiger partial charge in [0, 0.05) is 16.4 Å². The molecule has 0 bridgehead atoms. The van der Waals surface area contributed by atoms with E-state index in [1.807, 2.05) is 12.1 Å². The maximum Gasteiger partial charge on any atom is 0.259 e. The van der Waals surface area contributed by atoms with Gasteiger partial charge < -0.3 is 0 Å². The Hall–Kier alpha value is -2.51. The fraction of sp³-hybridized carbons (Fsp3) is 0.158. The van der Waals surface area contributed by atoms with Crippen molar-refractivity contribution in [3.05, 3.63) is 58.0 Å². The molecule has 0 aromatic heterocycles. The number of fused-ring (bicyclic) bond motifs is 1. The lowest BCUT2D eigenvalue weighted by Gasteiger charge is -2.22. The quantitative estimate of drug-likeness (QED) is 0.678. The maximum atomic E-state index is 13.2. The van der Waals surface area contributed by atoms with E-state index in [1.165, 1.54) is 11.9 Å². The second kappa shape index (κ2) is 6.58. The van der Waals surface area contributed by atoms with Crippen molar-refractivity contribution in [2.75, 3.05) is 9.91 Å². The van der Waals surface area contributed by atoms with Crippen LogP contribution in [0.1, 0.15) is 6.92 Å². The third-order valence-corrected chi connectivity index (χ3v) is 5.33. The highest BCUT2D eigenvalue weighted by molar-refractivity contribution is 9.10. The number of amides is 2. The number of hydrazone groups is 1. The smallest absolute Gasteiger partial charge is 0.259 e. The molecule has 2 aromatic rings. The first kappa shape index (κ1) is 17.9. The molecular weight excluding hydrogens is 434 g/mol. The number of hydrogen-bond acceptors (Lipinski definition) is 5. The molecule has 0 saturated carbocycles. The van der Waals surface area contributed by atoms with Crippen molar-refractivity contribution in [3.63, 3.8) is 0 Å². The van der Waals surface area contributed by atoms with Crippen molar-refractivity contribution in [1.29, 1.82) is 0 Å². The standard InChI is InChI=1S/C19H13BrClN3O3/c1-10(25)16-15-17(24(22-16)13-7-5-11(20)6-8-13)19(27)23(18(15)26)14-4-2-3-12(21)9-14/h2-9,15,17H,1H3. The molecule has 2 aliphatic rings. The van der Waals surface area contributed by atoms with Crippen molar-refractivity contribution < 1.29 is 14.4 Å². The van der Waals surface area contributed by atoms with Crippen LogP contribution in [0.5, 0.6) is 0 Å². The summed E-state index contributed by atoms with van der Waals surface area (Å²) in [5.74, 6) is -2.17. The molecule has 136 valence electrons. The lowest BCUT2D eigenvalue weighted by atomic mass is 9.95. The van der Waals surface area contributed by atoms with Crippen molar-refractivity contribution >= 4 is 62.2 Å². The topological polar surface area (TPSA) is 70.1 Å². The summed E-state index contributed by atoms with van der Waals surface area (Å²) in [6, 6.07) is 12.8. The number of carbonyl (C=O) groups excluding carboxylic acids is 3. The minimum atomic E-state index is -0.933. The minimum Gasteiger partial charge on any atom is -0.293 e. The van der Waals surface area contributed by atoms with E-state index in [9.17, 15) is 14.4 Å². The number of hydrogen-bond donors (Lipinski definition) is 0. The molecule has 6 nitrogen and oxygen atoms in total. The van der Waals surface area contributed by atoms with Gasteiger partial charge in [0.25, 0.3) is 5.91 Å². The molecule has 4 rings (SSSR count). The van der Waals surface area contributed by atoms with Crippen molar-refractivity contribution in [1.82, 2.24) is 0 Å². The summed E-state index contributed by atoms with van der Waals surface area (Å²) >= 11 is 9.38. The molecule has 2 aliphatic heterocycles. The van der Waals surface area contributed by atoms with Crippen LogP contribution in [-0.2, 0) is 14.4 Å². The first-order chi connectivity index (χ1) is 12.9. The van der Waals surface area contributed by atoms with Crippen LogP contribution in [0.3, 0.4) is 0 Å². The van der Waals surface area contributed by atoms with Gasteiger partial charge in [-0.25, -0.2) is 4.90 Å². The number of Topliss-reactive ketones (excluding diaryl/α,β-unsaturated/α-hetero) is 1. The van der Waals surface area contributed by atoms with Gasteiger partial charge in [-0.1, -0.05) is 33.6 Å². The van der Waals surface area contributed by atoms with Gasteiger partial charge >= 0.3 is 0 Å². The number of halogens is 2. The SMILES string of the molecule is CC(=O)C1=NN(c2ccc(Br)cc2)C2C(=O)N(c3cccc(Cl)c3)C(=O)C12. The van der Waals surface area contributed by atoms with Gasteiger partial charge in [-0.3, -0.25) is 19.4 Å². The Kier molecular flexibility index (Phi) is 4.36.